The summed E-state index contributed by atoms with van der Waals surface area (Å²) in [7, 11) is 0. The predicted octanol–water partition coefficient (Wildman–Crippen LogP) is 3.37. The van der Waals surface area contributed by atoms with E-state index in [0.717, 1.165) is 18.4 Å². The Labute approximate surface area is 153 Å². The smallest absolute Gasteiger partial charge is 0.269 e. The largest absolute Gasteiger partial charge is 0.294 e. The van der Waals surface area contributed by atoms with Crippen LogP contribution in [0.1, 0.15) is 58.0 Å². The van der Waals surface area contributed by atoms with Crippen molar-refractivity contribution in [1.82, 2.24) is 10.9 Å². The summed E-state index contributed by atoms with van der Waals surface area (Å²) in [6, 6.07) is 14.5. The van der Waals surface area contributed by atoms with Gasteiger partial charge in [0.2, 0.25) is 5.91 Å². The number of rotatable bonds is 7. The van der Waals surface area contributed by atoms with Gasteiger partial charge in [0.15, 0.2) is 5.78 Å². The summed E-state index contributed by atoms with van der Waals surface area (Å²) in [5.74, 6) is -0.884. The van der Waals surface area contributed by atoms with Gasteiger partial charge in [0, 0.05) is 24.0 Å². The van der Waals surface area contributed by atoms with Crippen molar-refractivity contribution in [2.45, 2.75) is 39.5 Å². The maximum atomic E-state index is 12.1. The summed E-state index contributed by atoms with van der Waals surface area (Å²) in [6.07, 6.45) is 2.16. The van der Waals surface area contributed by atoms with Crippen LogP contribution in [-0.2, 0) is 11.2 Å². The lowest BCUT2D eigenvalue weighted by Crippen LogP contribution is -2.41. The number of hydrogen-bond acceptors (Lipinski definition) is 3. The van der Waals surface area contributed by atoms with Gasteiger partial charge in [-0.25, -0.2) is 0 Å². The van der Waals surface area contributed by atoms with E-state index in [-0.39, 0.29) is 18.6 Å². The molecule has 0 unspecified atom stereocenters. The normalized spacial score (nSPS) is 10.2. The standard InChI is InChI=1S/C21H24N2O3/c1-3-4-16-7-11-17(12-8-16)19(24)13-14-20(25)22-23-21(26)18-9-5-15(2)6-10-18/h5-12H,3-4,13-14H2,1-2H3,(H,22,25)(H,23,26). The van der Waals surface area contributed by atoms with Crippen LogP contribution < -0.4 is 10.9 Å². The second-order valence-electron chi connectivity index (χ2n) is 6.24. The molecule has 136 valence electrons. The molecule has 0 aliphatic rings. The average molecular weight is 352 g/mol. The van der Waals surface area contributed by atoms with Crippen molar-refractivity contribution in [3.63, 3.8) is 0 Å². The molecule has 5 nitrogen and oxygen atoms in total. The molecule has 2 aromatic rings. The molecule has 0 saturated carbocycles. The van der Waals surface area contributed by atoms with E-state index in [9.17, 15) is 14.4 Å². The van der Waals surface area contributed by atoms with Gasteiger partial charge in [0.05, 0.1) is 0 Å². The lowest BCUT2D eigenvalue weighted by Gasteiger charge is -2.08. The van der Waals surface area contributed by atoms with Gasteiger partial charge in [-0.15, -0.1) is 0 Å². The van der Waals surface area contributed by atoms with Crippen LogP contribution in [0.2, 0.25) is 0 Å². The van der Waals surface area contributed by atoms with Gasteiger partial charge in [-0.3, -0.25) is 25.2 Å². The molecule has 2 amide bonds. The minimum absolute atomic E-state index is 0.0176. The zero-order chi connectivity index (χ0) is 18.9. The van der Waals surface area contributed by atoms with Crippen LogP contribution in [0.15, 0.2) is 48.5 Å². The summed E-state index contributed by atoms with van der Waals surface area (Å²) in [5, 5.41) is 0. The van der Waals surface area contributed by atoms with Gasteiger partial charge in [0.25, 0.3) is 5.91 Å². The molecule has 0 heterocycles. The maximum absolute atomic E-state index is 12.1. The minimum Gasteiger partial charge on any atom is -0.294 e. The number of carbonyl (C=O) groups is 3. The molecule has 0 aromatic heterocycles. The quantitative estimate of drug-likeness (QED) is 0.592. The number of hydrogen-bond donors (Lipinski definition) is 2. The summed E-state index contributed by atoms with van der Waals surface area (Å²) in [5.41, 5.74) is 7.99. The molecule has 0 aliphatic heterocycles. The topological polar surface area (TPSA) is 75.3 Å². The van der Waals surface area contributed by atoms with Gasteiger partial charge in [0.1, 0.15) is 0 Å². The molecule has 0 bridgehead atoms. The number of nitrogens with one attached hydrogen (secondary N) is 2. The first-order valence-electron chi connectivity index (χ1n) is 8.77. The number of aryl methyl sites for hydroxylation is 2. The lowest BCUT2D eigenvalue weighted by molar-refractivity contribution is -0.121. The van der Waals surface area contributed by atoms with E-state index in [4.69, 9.17) is 0 Å². The van der Waals surface area contributed by atoms with E-state index in [1.807, 2.05) is 31.2 Å². The number of amides is 2. The Bertz CT molecular complexity index is 765. The van der Waals surface area contributed by atoms with E-state index in [2.05, 4.69) is 17.8 Å². The fourth-order valence-corrected chi connectivity index (χ4v) is 2.48. The van der Waals surface area contributed by atoms with E-state index in [0.29, 0.717) is 11.1 Å². The molecule has 5 heteroatoms. The third kappa shape index (κ3) is 5.84. The molecular formula is C21H24N2O3. The van der Waals surface area contributed by atoms with Crippen molar-refractivity contribution in [2.75, 3.05) is 0 Å². The molecule has 2 aromatic carbocycles. The van der Waals surface area contributed by atoms with E-state index < -0.39 is 11.8 Å². The van der Waals surface area contributed by atoms with Crippen molar-refractivity contribution in [1.29, 1.82) is 0 Å². The van der Waals surface area contributed by atoms with Crippen molar-refractivity contribution >= 4 is 17.6 Å². The highest BCUT2D eigenvalue weighted by atomic mass is 16.2. The molecular weight excluding hydrogens is 328 g/mol. The van der Waals surface area contributed by atoms with Crippen LogP contribution in [0.25, 0.3) is 0 Å². The molecule has 0 atom stereocenters. The minimum atomic E-state index is -0.401. The van der Waals surface area contributed by atoms with Crippen molar-refractivity contribution in [3.05, 3.63) is 70.8 Å². The van der Waals surface area contributed by atoms with E-state index in [1.54, 1.807) is 24.3 Å². The van der Waals surface area contributed by atoms with E-state index >= 15 is 0 Å². The average Bonchev–Trinajstić information content (AvgIpc) is 2.65. The Kier molecular flexibility index (Phi) is 7.09. The first kappa shape index (κ1) is 19.4. The van der Waals surface area contributed by atoms with Crippen molar-refractivity contribution in [2.24, 2.45) is 0 Å². The van der Waals surface area contributed by atoms with Crippen LogP contribution in [0.5, 0.6) is 0 Å². The van der Waals surface area contributed by atoms with Gasteiger partial charge >= 0.3 is 0 Å². The summed E-state index contributed by atoms with van der Waals surface area (Å²) in [4.78, 5) is 35.9. The zero-order valence-corrected chi connectivity index (χ0v) is 15.2. The third-order valence-electron chi connectivity index (χ3n) is 4.02. The van der Waals surface area contributed by atoms with Crippen LogP contribution in [0, 0.1) is 6.92 Å². The SMILES string of the molecule is CCCc1ccc(C(=O)CCC(=O)NNC(=O)c2ccc(C)cc2)cc1. The third-order valence-corrected chi connectivity index (χ3v) is 4.02. The summed E-state index contributed by atoms with van der Waals surface area (Å²) >= 11 is 0. The molecule has 0 spiro atoms. The number of ketones is 1. The van der Waals surface area contributed by atoms with Crippen LogP contribution in [0.4, 0.5) is 0 Å². The summed E-state index contributed by atoms with van der Waals surface area (Å²) in [6.45, 7) is 4.03. The first-order valence-corrected chi connectivity index (χ1v) is 8.77. The molecule has 0 fully saturated rings. The van der Waals surface area contributed by atoms with Gasteiger partial charge in [-0.2, -0.15) is 0 Å². The second-order valence-corrected chi connectivity index (χ2v) is 6.24. The lowest BCUT2D eigenvalue weighted by atomic mass is 10.0. The zero-order valence-electron chi connectivity index (χ0n) is 15.2. The Morgan fingerprint density at radius 3 is 2.04 bits per heavy atom. The predicted molar refractivity (Wildman–Crippen MR) is 101 cm³/mol. The van der Waals surface area contributed by atoms with Crippen LogP contribution >= 0.6 is 0 Å². The second kappa shape index (κ2) is 9.51. The maximum Gasteiger partial charge on any atom is 0.269 e. The van der Waals surface area contributed by atoms with Crippen molar-refractivity contribution < 1.29 is 14.4 Å². The summed E-state index contributed by atoms with van der Waals surface area (Å²) < 4.78 is 0. The van der Waals surface area contributed by atoms with Crippen LogP contribution in [0.3, 0.4) is 0 Å². The number of hydrazine groups is 1. The molecule has 2 rings (SSSR count). The van der Waals surface area contributed by atoms with Crippen LogP contribution in [-0.4, -0.2) is 17.6 Å². The van der Waals surface area contributed by atoms with Gasteiger partial charge in [-0.05, 0) is 31.0 Å². The highest BCUT2D eigenvalue weighted by molar-refractivity contribution is 5.98. The Morgan fingerprint density at radius 2 is 1.42 bits per heavy atom. The monoisotopic (exact) mass is 352 g/mol. The Hall–Kier alpha value is -2.95. The Morgan fingerprint density at radius 1 is 0.808 bits per heavy atom. The number of benzene rings is 2. The molecule has 0 saturated heterocycles. The van der Waals surface area contributed by atoms with E-state index in [1.165, 1.54) is 5.56 Å². The highest BCUT2D eigenvalue weighted by Gasteiger charge is 2.11. The highest BCUT2D eigenvalue weighted by Crippen LogP contribution is 2.10. The van der Waals surface area contributed by atoms with Gasteiger partial charge in [-0.1, -0.05) is 55.3 Å². The molecule has 0 radical (unpaired) electrons. The molecule has 2 N–H and O–H groups in total. The first-order chi connectivity index (χ1) is 12.5. The van der Waals surface area contributed by atoms with Crippen molar-refractivity contribution in [3.8, 4) is 0 Å². The number of Topliss-reactive ketones (excluding diaryl/α,β-unsaturated/α-hetero) is 1. The fourth-order valence-electron chi connectivity index (χ4n) is 2.48. The Balaban J connectivity index is 1.76. The number of carbonyl (C=O) groups excluding carboxylic acids is 3. The molecule has 26 heavy (non-hydrogen) atoms. The molecule has 0 aliphatic carbocycles. The fraction of sp³-hybridized carbons (Fsp3) is 0.286. The van der Waals surface area contributed by atoms with Gasteiger partial charge < -0.3 is 0 Å².